The van der Waals surface area contributed by atoms with Crippen LogP contribution < -0.4 is 5.32 Å². The number of nitrogens with one attached hydrogen (secondary N) is 1. The minimum absolute atomic E-state index is 0.177. The summed E-state index contributed by atoms with van der Waals surface area (Å²) in [5.74, 6) is 0. The molecule has 0 aromatic carbocycles. The molecular weight excluding hydrogens is 208 g/mol. The molecule has 1 amide bonds. The molecule has 6 heteroatoms. The average Bonchev–Trinajstić information content (AvgIpc) is 2.38. The van der Waals surface area contributed by atoms with E-state index in [1.54, 1.807) is 23.2 Å². The molecule has 0 unspecified atom stereocenters. The molecule has 1 N–H and O–H groups in total. The Balaban J connectivity index is 1.79. The van der Waals surface area contributed by atoms with Crippen molar-refractivity contribution in [2.75, 3.05) is 26.2 Å². The first-order chi connectivity index (χ1) is 7.86. The van der Waals surface area contributed by atoms with Gasteiger partial charge in [0.1, 0.15) is 12.3 Å². The van der Waals surface area contributed by atoms with E-state index in [-0.39, 0.29) is 12.7 Å². The first-order valence-corrected chi connectivity index (χ1v) is 5.25. The van der Waals surface area contributed by atoms with Crippen LogP contribution in [0.2, 0.25) is 0 Å². The zero-order valence-electron chi connectivity index (χ0n) is 8.93. The third kappa shape index (κ3) is 2.90. The van der Waals surface area contributed by atoms with Gasteiger partial charge < -0.3 is 15.0 Å². The van der Waals surface area contributed by atoms with Gasteiger partial charge in [-0.15, -0.1) is 0 Å². The van der Waals surface area contributed by atoms with E-state index >= 15 is 0 Å². The molecule has 16 heavy (non-hydrogen) atoms. The Kier molecular flexibility index (Phi) is 3.66. The monoisotopic (exact) mass is 222 g/mol. The van der Waals surface area contributed by atoms with E-state index in [0.29, 0.717) is 18.8 Å². The second kappa shape index (κ2) is 5.41. The molecule has 0 aliphatic carbocycles. The van der Waals surface area contributed by atoms with Crippen molar-refractivity contribution < 1.29 is 9.53 Å². The van der Waals surface area contributed by atoms with Gasteiger partial charge in [-0.3, -0.25) is 0 Å². The van der Waals surface area contributed by atoms with Crippen molar-refractivity contribution in [3.63, 3.8) is 0 Å². The molecule has 0 bridgehead atoms. The van der Waals surface area contributed by atoms with Crippen molar-refractivity contribution in [2.45, 2.75) is 6.61 Å². The highest BCUT2D eigenvalue weighted by Gasteiger charge is 2.17. The lowest BCUT2D eigenvalue weighted by molar-refractivity contribution is 0.0906. The fraction of sp³-hybridized carbons (Fsp3) is 0.500. The molecule has 0 spiro atoms. The predicted molar refractivity (Wildman–Crippen MR) is 56.7 cm³/mol. The van der Waals surface area contributed by atoms with Gasteiger partial charge in [0.25, 0.3) is 0 Å². The van der Waals surface area contributed by atoms with Crippen LogP contribution in [0.5, 0.6) is 0 Å². The van der Waals surface area contributed by atoms with Gasteiger partial charge in [0, 0.05) is 32.4 Å². The maximum absolute atomic E-state index is 11.6. The summed E-state index contributed by atoms with van der Waals surface area (Å²) in [5.41, 5.74) is 0.658. The van der Waals surface area contributed by atoms with Crippen LogP contribution in [0.15, 0.2) is 18.3 Å². The molecule has 1 aliphatic rings. The largest absolute Gasteiger partial charge is 0.443 e. The lowest BCUT2D eigenvalue weighted by Gasteiger charge is -2.26. The topological polar surface area (TPSA) is 67.3 Å². The lowest BCUT2D eigenvalue weighted by Crippen LogP contribution is -2.46. The van der Waals surface area contributed by atoms with E-state index in [2.05, 4.69) is 15.5 Å². The van der Waals surface area contributed by atoms with Crippen LogP contribution in [-0.4, -0.2) is 47.4 Å². The minimum atomic E-state index is -0.285. The molecule has 1 aromatic heterocycles. The zero-order chi connectivity index (χ0) is 11.2. The summed E-state index contributed by atoms with van der Waals surface area (Å²) in [6.07, 6.45) is 1.30. The van der Waals surface area contributed by atoms with Gasteiger partial charge in [-0.25, -0.2) is 4.79 Å². The van der Waals surface area contributed by atoms with Crippen molar-refractivity contribution in [1.29, 1.82) is 0 Å². The molecule has 86 valence electrons. The van der Waals surface area contributed by atoms with E-state index in [1.165, 1.54) is 0 Å². The summed E-state index contributed by atoms with van der Waals surface area (Å²) in [4.78, 5) is 13.3. The second-order valence-electron chi connectivity index (χ2n) is 3.51. The van der Waals surface area contributed by atoms with Gasteiger partial charge in [0.05, 0.1) is 0 Å². The van der Waals surface area contributed by atoms with Gasteiger partial charge >= 0.3 is 6.09 Å². The van der Waals surface area contributed by atoms with Crippen LogP contribution in [0, 0.1) is 0 Å². The summed E-state index contributed by atoms with van der Waals surface area (Å²) < 4.78 is 5.12. The van der Waals surface area contributed by atoms with E-state index in [4.69, 9.17) is 4.74 Å². The molecule has 1 aromatic rings. The Morgan fingerprint density at radius 1 is 1.50 bits per heavy atom. The molecule has 2 rings (SSSR count). The molecule has 2 heterocycles. The molecule has 1 fully saturated rings. The Hall–Kier alpha value is -1.69. The first-order valence-electron chi connectivity index (χ1n) is 5.25. The van der Waals surface area contributed by atoms with Crippen LogP contribution in [0.1, 0.15) is 5.69 Å². The molecule has 6 nitrogen and oxygen atoms in total. The van der Waals surface area contributed by atoms with Crippen molar-refractivity contribution >= 4 is 6.09 Å². The van der Waals surface area contributed by atoms with E-state index in [9.17, 15) is 4.79 Å². The molecular formula is C10H14N4O2. The number of aromatic nitrogens is 2. The Bertz CT molecular complexity index is 338. The normalized spacial score (nSPS) is 15.9. The van der Waals surface area contributed by atoms with E-state index < -0.39 is 0 Å². The van der Waals surface area contributed by atoms with Crippen molar-refractivity contribution in [3.8, 4) is 0 Å². The maximum Gasteiger partial charge on any atom is 0.410 e. The number of ether oxygens (including phenoxy) is 1. The van der Waals surface area contributed by atoms with Gasteiger partial charge in [-0.2, -0.15) is 10.2 Å². The van der Waals surface area contributed by atoms with Crippen molar-refractivity contribution in [3.05, 3.63) is 24.0 Å². The smallest absolute Gasteiger partial charge is 0.410 e. The van der Waals surface area contributed by atoms with Crippen molar-refractivity contribution in [2.24, 2.45) is 0 Å². The average molecular weight is 222 g/mol. The molecule has 1 aliphatic heterocycles. The Morgan fingerprint density at radius 2 is 2.31 bits per heavy atom. The zero-order valence-corrected chi connectivity index (χ0v) is 8.93. The maximum atomic E-state index is 11.6. The van der Waals surface area contributed by atoms with Crippen LogP contribution in [0.25, 0.3) is 0 Å². The molecule has 0 saturated carbocycles. The molecule has 0 atom stereocenters. The van der Waals surface area contributed by atoms with Gasteiger partial charge in [0.2, 0.25) is 0 Å². The van der Waals surface area contributed by atoms with E-state index in [1.807, 2.05) is 0 Å². The number of amides is 1. The fourth-order valence-electron chi connectivity index (χ4n) is 1.48. The summed E-state index contributed by atoms with van der Waals surface area (Å²) in [5, 5.41) is 10.7. The molecule has 1 saturated heterocycles. The minimum Gasteiger partial charge on any atom is -0.443 e. The van der Waals surface area contributed by atoms with Crippen LogP contribution in [0.3, 0.4) is 0 Å². The first kappa shape index (κ1) is 10.8. The van der Waals surface area contributed by atoms with E-state index in [0.717, 1.165) is 13.1 Å². The summed E-state index contributed by atoms with van der Waals surface area (Å²) in [6.45, 7) is 3.20. The third-order valence-corrected chi connectivity index (χ3v) is 2.35. The number of hydrogen-bond donors (Lipinski definition) is 1. The van der Waals surface area contributed by atoms with Crippen LogP contribution >= 0.6 is 0 Å². The quantitative estimate of drug-likeness (QED) is 0.764. The number of carbonyl (C=O) groups is 1. The van der Waals surface area contributed by atoms with Crippen molar-refractivity contribution in [1.82, 2.24) is 20.4 Å². The molecule has 0 radical (unpaired) electrons. The highest BCUT2D eigenvalue weighted by Crippen LogP contribution is 2.00. The third-order valence-electron chi connectivity index (χ3n) is 2.35. The SMILES string of the molecule is O=C(OCc1cccnn1)N1CCNCC1. The Labute approximate surface area is 93.6 Å². The summed E-state index contributed by atoms with van der Waals surface area (Å²) in [6, 6.07) is 3.54. The highest BCUT2D eigenvalue weighted by atomic mass is 16.6. The number of piperazine rings is 1. The van der Waals surface area contributed by atoms with Gasteiger partial charge in [-0.1, -0.05) is 0 Å². The lowest BCUT2D eigenvalue weighted by atomic mass is 10.4. The van der Waals surface area contributed by atoms with Crippen LogP contribution in [0.4, 0.5) is 4.79 Å². The summed E-state index contributed by atoms with van der Waals surface area (Å²) >= 11 is 0. The highest BCUT2D eigenvalue weighted by molar-refractivity contribution is 5.67. The number of hydrogen-bond acceptors (Lipinski definition) is 5. The fourth-order valence-corrected chi connectivity index (χ4v) is 1.48. The number of nitrogens with zero attached hydrogens (tertiary/aromatic N) is 3. The number of carbonyl (C=O) groups excluding carboxylic acids is 1. The number of rotatable bonds is 2. The second-order valence-corrected chi connectivity index (χ2v) is 3.51. The summed E-state index contributed by atoms with van der Waals surface area (Å²) in [7, 11) is 0. The predicted octanol–water partition coefficient (Wildman–Crippen LogP) is 0.0184. The Morgan fingerprint density at radius 3 is 3.00 bits per heavy atom. The van der Waals surface area contributed by atoms with Gasteiger partial charge in [-0.05, 0) is 12.1 Å². The van der Waals surface area contributed by atoms with Crippen LogP contribution in [-0.2, 0) is 11.3 Å². The van der Waals surface area contributed by atoms with Gasteiger partial charge in [0.15, 0.2) is 0 Å². The standard InChI is InChI=1S/C10H14N4O2/c15-10(14-6-4-11-5-7-14)16-8-9-2-1-3-12-13-9/h1-3,11H,4-8H2.